The zero-order valence-electron chi connectivity index (χ0n) is 15.2. The van der Waals surface area contributed by atoms with Crippen molar-refractivity contribution in [1.82, 2.24) is 0 Å². The van der Waals surface area contributed by atoms with Crippen molar-refractivity contribution in [2.75, 3.05) is 13.2 Å². The van der Waals surface area contributed by atoms with Crippen molar-refractivity contribution in [3.8, 4) is 0 Å². The van der Waals surface area contributed by atoms with Crippen LogP contribution in [0.2, 0.25) is 0 Å². The molecule has 0 aromatic rings. The van der Waals surface area contributed by atoms with Crippen LogP contribution in [-0.2, 0) is 14.3 Å². The van der Waals surface area contributed by atoms with E-state index in [1.807, 2.05) is 27.7 Å². The van der Waals surface area contributed by atoms with E-state index in [-0.39, 0.29) is 17.6 Å². The second kappa shape index (κ2) is 8.76. The van der Waals surface area contributed by atoms with Crippen LogP contribution in [0.25, 0.3) is 0 Å². The molecule has 0 aromatic heterocycles. The van der Waals surface area contributed by atoms with Crippen molar-refractivity contribution in [3.05, 3.63) is 23.3 Å². The molecule has 0 fully saturated rings. The Kier molecular flexibility index (Phi) is 7.65. The van der Waals surface area contributed by atoms with E-state index in [9.17, 15) is 9.90 Å². The molecule has 0 spiro atoms. The third-order valence-electron chi connectivity index (χ3n) is 5.09. The molecule has 0 aliphatic heterocycles. The standard InChI is InChI=1S/C19H32O4/c1-7-22-18(23-8-2)9-10-19(6)15(13(3)4)11-17(21)14(5)16(19)12-20/h12,15,17-18,21H,3,7-11H2,1-2,4-6H3/t15-,17+,19-/m1/s1. The maximum Gasteiger partial charge on any atom is 0.157 e. The molecule has 1 aliphatic rings. The second-order valence-corrected chi connectivity index (χ2v) is 6.66. The van der Waals surface area contributed by atoms with E-state index in [0.717, 1.165) is 23.9 Å². The summed E-state index contributed by atoms with van der Waals surface area (Å²) in [6.07, 6.45) is 2.16. The largest absolute Gasteiger partial charge is 0.389 e. The maximum atomic E-state index is 11.7. The quantitative estimate of drug-likeness (QED) is 0.400. The fourth-order valence-electron chi connectivity index (χ4n) is 3.76. The van der Waals surface area contributed by atoms with Gasteiger partial charge in [0.1, 0.15) is 6.29 Å². The molecule has 0 radical (unpaired) electrons. The van der Waals surface area contributed by atoms with Crippen LogP contribution in [0.4, 0.5) is 0 Å². The van der Waals surface area contributed by atoms with Crippen LogP contribution in [0.15, 0.2) is 23.3 Å². The highest BCUT2D eigenvalue weighted by Crippen LogP contribution is 2.50. The molecule has 132 valence electrons. The average Bonchev–Trinajstić information content (AvgIpc) is 2.49. The Balaban J connectivity index is 3.07. The molecule has 3 atom stereocenters. The summed E-state index contributed by atoms with van der Waals surface area (Å²) in [4.78, 5) is 11.7. The van der Waals surface area contributed by atoms with Gasteiger partial charge in [-0.1, -0.05) is 19.1 Å². The number of aliphatic hydroxyl groups is 1. The Morgan fingerprint density at radius 3 is 2.43 bits per heavy atom. The SMILES string of the molecule is C=C(C)[C@H]1C[C@H](O)C(C)=C(C=O)[C@]1(C)CCC(OCC)OCC. The Morgan fingerprint density at radius 2 is 2.00 bits per heavy atom. The minimum absolute atomic E-state index is 0.0744. The number of aliphatic hydroxyl groups excluding tert-OH is 1. The van der Waals surface area contributed by atoms with Crippen molar-refractivity contribution < 1.29 is 19.4 Å². The van der Waals surface area contributed by atoms with Gasteiger partial charge in [-0.15, -0.1) is 0 Å². The molecule has 1 rings (SSSR count). The third kappa shape index (κ3) is 4.52. The van der Waals surface area contributed by atoms with Crippen LogP contribution in [0.3, 0.4) is 0 Å². The first kappa shape index (κ1) is 20.1. The number of rotatable bonds is 9. The number of carbonyl (C=O) groups is 1. The first-order chi connectivity index (χ1) is 10.8. The Hall–Kier alpha value is -0.970. The summed E-state index contributed by atoms with van der Waals surface area (Å²) in [6.45, 7) is 15.1. The lowest BCUT2D eigenvalue weighted by atomic mass is 9.60. The second-order valence-electron chi connectivity index (χ2n) is 6.66. The van der Waals surface area contributed by atoms with Gasteiger partial charge in [-0.25, -0.2) is 0 Å². The molecule has 0 amide bonds. The van der Waals surface area contributed by atoms with Gasteiger partial charge in [0.25, 0.3) is 0 Å². The molecular formula is C19H32O4. The lowest BCUT2D eigenvalue weighted by Crippen LogP contribution is -2.40. The zero-order chi connectivity index (χ0) is 17.6. The summed E-state index contributed by atoms with van der Waals surface area (Å²) in [5, 5.41) is 10.3. The van der Waals surface area contributed by atoms with Gasteiger partial charge in [0, 0.05) is 18.6 Å². The molecule has 4 nitrogen and oxygen atoms in total. The minimum Gasteiger partial charge on any atom is -0.389 e. The normalized spacial score (nSPS) is 28.3. The third-order valence-corrected chi connectivity index (χ3v) is 5.09. The Morgan fingerprint density at radius 1 is 1.43 bits per heavy atom. The highest BCUT2D eigenvalue weighted by Gasteiger charge is 2.44. The molecule has 0 saturated carbocycles. The minimum atomic E-state index is -0.570. The predicted octanol–water partition coefficient (Wildman–Crippen LogP) is 3.64. The Bertz CT molecular complexity index is 448. The van der Waals surface area contributed by atoms with E-state index in [1.165, 1.54) is 0 Å². The molecule has 0 saturated heterocycles. The van der Waals surface area contributed by atoms with Crippen LogP contribution in [0.5, 0.6) is 0 Å². The molecule has 23 heavy (non-hydrogen) atoms. The van der Waals surface area contributed by atoms with Crippen molar-refractivity contribution in [2.24, 2.45) is 11.3 Å². The van der Waals surface area contributed by atoms with Gasteiger partial charge in [0.15, 0.2) is 6.29 Å². The monoisotopic (exact) mass is 324 g/mol. The van der Waals surface area contributed by atoms with Gasteiger partial charge in [0.05, 0.1) is 6.10 Å². The molecular weight excluding hydrogens is 292 g/mol. The fourth-order valence-corrected chi connectivity index (χ4v) is 3.76. The van der Waals surface area contributed by atoms with Crippen LogP contribution in [0, 0.1) is 11.3 Å². The van der Waals surface area contributed by atoms with Crippen LogP contribution in [0.1, 0.15) is 53.9 Å². The van der Waals surface area contributed by atoms with E-state index < -0.39 is 6.10 Å². The van der Waals surface area contributed by atoms with E-state index in [0.29, 0.717) is 31.6 Å². The summed E-state index contributed by atoms with van der Waals surface area (Å²) < 4.78 is 11.3. The van der Waals surface area contributed by atoms with Gasteiger partial charge in [-0.05, 0) is 64.0 Å². The number of allylic oxidation sites excluding steroid dienone is 2. The number of carbonyl (C=O) groups excluding carboxylic acids is 1. The molecule has 4 heteroatoms. The molecule has 0 heterocycles. The predicted molar refractivity (Wildman–Crippen MR) is 92.1 cm³/mol. The summed E-state index contributed by atoms with van der Waals surface area (Å²) >= 11 is 0. The van der Waals surface area contributed by atoms with Crippen LogP contribution in [-0.4, -0.2) is 37.0 Å². The average molecular weight is 324 g/mol. The molecule has 1 N–H and O–H groups in total. The maximum absolute atomic E-state index is 11.7. The first-order valence-corrected chi connectivity index (χ1v) is 8.54. The summed E-state index contributed by atoms with van der Waals surface area (Å²) in [6, 6.07) is 0. The summed E-state index contributed by atoms with van der Waals surface area (Å²) in [5.74, 6) is 0.0744. The lowest BCUT2D eigenvalue weighted by Gasteiger charge is -2.45. The summed E-state index contributed by atoms with van der Waals surface area (Å²) in [5.41, 5.74) is 2.15. The Labute approximate surface area is 140 Å². The van der Waals surface area contributed by atoms with Crippen LogP contribution >= 0.6 is 0 Å². The van der Waals surface area contributed by atoms with E-state index >= 15 is 0 Å². The highest BCUT2D eigenvalue weighted by molar-refractivity contribution is 5.77. The van der Waals surface area contributed by atoms with E-state index in [1.54, 1.807) is 0 Å². The fraction of sp³-hybridized carbons (Fsp3) is 0.737. The molecule has 0 bridgehead atoms. The van der Waals surface area contributed by atoms with Gasteiger partial charge >= 0.3 is 0 Å². The topological polar surface area (TPSA) is 55.8 Å². The zero-order valence-corrected chi connectivity index (χ0v) is 15.2. The van der Waals surface area contributed by atoms with Gasteiger partial charge < -0.3 is 14.6 Å². The van der Waals surface area contributed by atoms with E-state index in [2.05, 4.69) is 13.5 Å². The van der Waals surface area contributed by atoms with Crippen molar-refractivity contribution in [1.29, 1.82) is 0 Å². The van der Waals surface area contributed by atoms with Crippen molar-refractivity contribution in [2.45, 2.75) is 66.3 Å². The highest BCUT2D eigenvalue weighted by atomic mass is 16.7. The number of ether oxygens (including phenoxy) is 2. The van der Waals surface area contributed by atoms with Gasteiger partial charge in [-0.3, -0.25) is 4.79 Å². The lowest BCUT2D eigenvalue weighted by molar-refractivity contribution is -0.144. The number of hydrogen-bond donors (Lipinski definition) is 1. The first-order valence-electron chi connectivity index (χ1n) is 8.54. The molecule has 1 aliphatic carbocycles. The van der Waals surface area contributed by atoms with Gasteiger partial charge in [-0.2, -0.15) is 0 Å². The van der Waals surface area contributed by atoms with Crippen LogP contribution < -0.4 is 0 Å². The van der Waals surface area contributed by atoms with Crippen molar-refractivity contribution >= 4 is 6.29 Å². The molecule has 0 aromatic carbocycles. The smallest absolute Gasteiger partial charge is 0.157 e. The summed E-state index contributed by atoms with van der Waals surface area (Å²) in [7, 11) is 0. The van der Waals surface area contributed by atoms with E-state index in [4.69, 9.17) is 9.47 Å². The molecule has 0 unspecified atom stereocenters. The number of hydrogen-bond acceptors (Lipinski definition) is 4. The van der Waals surface area contributed by atoms with Gasteiger partial charge in [0.2, 0.25) is 0 Å². The number of aldehydes is 1. The van der Waals surface area contributed by atoms with Crippen molar-refractivity contribution in [3.63, 3.8) is 0 Å².